The summed E-state index contributed by atoms with van der Waals surface area (Å²) in [5, 5.41) is 3.17. The van der Waals surface area contributed by atoms with Crippen molar-refractivity contribution in [2.24, 2.45) is 11.3 Å². The Kier molecular flexibility index (Phi) is 7.23. The van der Waals surface area contributed by atoms with Gasteiger partial charge >= 0.3 is 0 Å². The summed E-state index contributed by atoms with van der Waals surface area (Å²) in [6.07, 6.45) is 11.1. The van der Waals surface area contributed by atoms with Crippen molar-refractivity contribution in [3.63, 3.8) is 0 Å². The van der Waals surface area contributed by atoms with Gasteiger partial charge in [-0.05, 0) is 55.7 Å². The van der Waals surface area contributed by atoms with Crippen LogP contribution in [0.15, 0.2) is 48.8 Å². The van der Waals surface area contributed by atoms with E-state index in [1.165, 1.54) is 18.4 Å². The van der Waals surface area contributed by atoms with Gasteiger partial charge in [0.2, 0.25) is 11.8 Å². The summed E-state index contributed by atoms with van der Waals surface area (Å²) in [7, 11) is 0. The lowest BCUT2D eigenvalue weighted by atomic mass is 9.71. The Morgan fingerprint density at radius 3 is 2.53 bits per heavy atom. The molecule has 0 atom stereocenters. The molecule has 2 aliphatic rings. The molecular formula is C27H35N3O2. The number of benzene rings is 1. The maximum Gasteiger partial charge on any atom is 0.226 e. The zero-order valence-corrected chi connectivity index (χ0v) is 19.2. The van der Waals surface area contributed by atoms with Crippen LogP contribution in [0.3, 0.4) is 0 Å². The van der Waals surface area contributed by atoms with Gasteiger partial charge in [-0.2, -0.15) is 0 Å². The van der Waals surface area contributed by atoms with Crippen LogP contribution in [0, 0.1) is 11.3 Å². The molecule has 1 aliphatic carbocycles. The number of aromatic nitrogens is 1. The van der Waals surface area contributed by atoms with Crippen LogP contribution in [0.1, 0.15) is 57.4 Å². The van der Waals surface area contributed by atoms with Crippen LogP contribution in [0.5, 0.6) is 0 Å². The molecule has 2 amide bonds. The first kappa shape index (κ1) is 22.5. The summed E-state index contributed by atoms with van der Waals surface area (Å²) in [6, 6.07) is 12.3. The van der Waals surface area contributed by atoms with Gasteiger partial charge in [-0.25, -0.2) is 0 Å². The summed E-state index contributed by atoms with van der Waals surface area (Å²) in [5.74, 6) is 0.636. The monoisotopic (exact) mass is 433 g/mol. The van der Waals surface area contributed by atoms with E-state index in [0.29, 0.717) is 44.8 Å². The number of hydrogen-bond acceptors (Lipinski definition) is 3. The van der Waals surface area contributed by atoms with Crippen molar-refractivity contribution in [2.45, 2.75) is 58.3 Å². The highest BCUT2D eigenvalue weighted by Gasteiger charge is 2.43. The lowest BCUT2D eigenvalue weighted by Gasteiger charge is -2.42. The average molecular weight is 434 g/mol. The molecule has 0 unspecified atom stereocenters. The fourth-order valence-electron chi connectivity index (χ4n) is 5.34. The fraction of sp³-hybridized carbons (Fsp3) is 0.519. The van der Waals surface area contributed by atoms with E-state index in [1.807, 2.05) is 29.3 Å². The predicted octanol–water partition coefficient (Wildman–Crippen LogP) is 4.62. The first-order valence-corrected chi connectivity index (χ1v) is 12.2. The second-order valence-electron chi connectivity index (χ2n) is 9.42. The Morgan fingerprint density at radius 2 is 1.84 bits per heavy atom. The highest BCUT2D eigenvalue weighted by molar-refractivity contribution is 5.85. The number of pyridine rings is 1. The van der Waals surface area contributed by atoms with Gasteiger partial charge in [0.1, 0.15) is 0 Å². The zero-order chi connectivity index (χ0) is 22.4. The molecule has 5 heteroatoms. The number of carbonyl (C=O) groups excluding carboxylic acids is 2. The van der Waals surface area contributed by atoms with E-state index in [0.717, 1.165) is 30.4 Å². The lowest BCUT2D eigenvalue weighted by Crippen LogP contribution is -2.52. The minimum Gasteiger partial charge on any atom is -0.356 e. The van der Waals surface area contributed by atoms with E-state index in [4.69, 9.17) is 0 Å². The van der Waals surface area contributed by atoms with E-state index < -0.39 is 5.41 Å². The molecule has 2 aromatic rings. The number of piperidine rings is 1. The SMILES string of the molecule is CCCNC(=O)C1(Cc2ccccc2-c2cccnc2)CCN(C(=O)C2CCCC2)CC1. The number of nitrogens with one attached hydrogen (secondary N) is 1. The van der Waals surface area contributed by atoms with E-state index >= 15 is 0 Å². The summed E-state index contributed by atoms with van der Waals surface area (Å²) >= 11 is 0. The maximum absolute atomic E-state index is 13.4. The van der Waals surface area contributed by atoms with Gasteiger partial charge in [0.15, 0.2) is 0 Å². The normalized spacial score (nSPS) is 18.5. The Balaban J connectivity index is 1.56. The fourth-order valence-corrected chi connectivity index (χ4v) is 5.34. The molecule has 1 aromatic carbocycles. The quantitative estimate of drug-likeness (QED) is 0.693. The second-order valence-corrected chi connectivity index (χ2v) is 9.42. The summed E-state index contributed by atoms with van der Waals surface area (Å²) in [6.45, 7) is 4.11. The topological polar surface area (TPSA) is 62.3 Å². The van der Waals surface area contributed by atoms with Gasteiger partial charge in [-0.15, -0.1) is 0 Å². The van der Waals surface area contributed by atoms with Crippen molar-refractivity contribution < 1.29 is 9.59 Å². The maximum atomic E-state index is 13.4. The molecular weight excluding hydrogens is 398 g/mol. The van der Waals surface area contributed by atoms with Crippen LogP contribution in [0.25, 0.3) is 11.1 Å². The van der Waals surface area contributed by atoms with Crippen LogP contribution in [0.2, 0.25) is 0 Å². The third kappa shape index (κ3) is 4.87. The first-order valence-electron chi connectivity index (χ1n) is 12.2. The third-order valence-electron chi connectivity index (χ3n) is 7.27. The first-order chi connectivity index (χ1) is 15.6. The van der Waals surface area contributed by atoms with Crippen LogP contribution in [0.4, 0.5) is 0 Å². The molecule has 0 spiro atoms. The molecule has 2 heterocycles. The van der Waals surface area contributed by atoms with Gasteiger partial charge in [-0.3, -0.25) is 14.6 Å². The summed E-state index contributed by atoms with van der Waals surface area (Å²) in [4.78, 5) is 32.7. The average Bonchev–Trinajstić information content (AvgIpc) is 3.38. The smallest absolute Gasteiger partial charge is 0.226 e. The van der Waals surface area contributed by atoms with Crippen molar-refractivity contribution in [3.8, 4) is 11.1 Å². The van der Waals surface area contributed by atoms with Crippen LogP contribution >= 0.6 is 0 Å². The predicted molar refractivity (Wildman–Crippen MR) is 127 cm³/mol. The van der Waals surface area contributed by atoms with Crippen molar-refractivity contribution >= 4 is 11.8 Å². The van der Waals surface area contributed by atoms with Gasteiger partial charge in [0.05, 0.1) is 5.41 Å². The molecule has 170 valence electrons. The van der Waals surface area contributed by atoms with E-state index in [-0.39, 0.29) is 11.8 Å². The Morgan fingerprint density at radius 1 is 1.09 bits per heavy atom. The molecule has 0 radical (unpaired) electrons. The minimum absolute atomic E-state index is 0.133. The lowest BCUT2D eigenvalue weighted by molar-refractivity contribution is -0.143. The molecule has 1 saturated carbocycles. The molecule has 5 nitrogen and oxygen atoms in total. The van der Waals surface area contributed by atoms with Crippen molar-refractivity contribution in [3.05, 3.63) is 54.4 Å². The number of rotatable bonds is 7. The number of amides is 2. The molecule has 2 fully saturated rings. The van der Waals surface area contributed by atoms with E-state index in [9.17, 15) is 9.59 Å². The van der Waals surface area contributed by atoms with Gasteiger partial charge < -0.3 is 10.2 Å². The molecule has 1 aliphatic heterocycles. The molecule has 1 N–H and O–H groups in total. The van der Waals surface area contributed by atoms with Crippen LogP contribution in [-0.4, -0.2) is 41.3 Å². The molecule has 0 bridgehead atoms. The van der Waals surface area contributed by atoms with Gasteiger partial charge in [0.25, 0.3) is 0 Å². The summed E-state index contributed by atoms with van der Waals surface area (Å²) < 4.78 is 0. The third-order valence-corrected chi connectivity index (χ3v) is 7.27. The van der Waals surface area contributed by atoms with E-state index in [2.05, 4.69) is 35.4 Å². The number of likely N-dealkylation sites (tertiary alicyclic amines) is 1. The zero-order valence-electron chi connectivity index (χ0n) is 19.2. The Bertz CT molecular complexity index is 914. The van der Waals surface area contributed by atoms with Crippen LogP contribution < -0.4 is 5.32 Å². The molecule has 4 rings (SSSR count). The van der Waals surface area contributed by atoms with Gasteiger partial charge in [0, 0.05) is 43.5 Å². The van der Waals surface area contributed by atoms with Crippen molar-refractivity contribution in [1.82, 2.24) is 15.2 Å². The molecule has 32 heavy (non-hydrogen) atoms. The van der Waals surface area contributed by atoms with Crippen molar-refractivity contribution in [2.75, 3.05) is 19.6 Å². The summed E-state index contributed by atoms with van der Waals surface area (Å²) in [5.41, 5.74) is 2.89. The van der Waals surface area contributed by atoms with Crippen LogP contribution in [-0.2, 0) is 16.0 Å². The highest BCUT2D eigenvalue weighted by atomic mass is 16.2. The standard InChI is InChI=1S/C27H35N3O2/c1-2-15-29-26(32)27(13-17-30(18-14-27)25(31)21-8-3-4-9-21)19-22-10-5-6-12-24(22)23-11-7-16-28-20-23/h5-7,10-12,16,20-21H,2-4,8-9,13-15,17-19H2,1H3,(H,29,32). The number of carbonyl (C=O) groups is 2. The highest BCUT2D eigenvalue weighted by Crippen LogP contribution is 2.39. The largest absolute Gasteiger partial charge is 0.356 e. The number of nitrogens with zero attached hydrogens (tertiary/aromatic N) is 2. The van der Waals surface area contributed by atoms with E-state index in [1.54, 1.807) is 6.20 Å². The Hall–Kier alpha value is -2.69. The second kappa shape index (κ2) is 10.3. The molecule has 1 saturated heterocycles. The number of hydrogen-bond donors (Lipinski definition) is 1. The molecule has 1 aromatic heterocycles. The Labute approximate surface area is 191 Å². The van der Waals surface area contributed by atoms with Gasteiger partial charge in [-0.1, -0.05) is 50.1 Å². The van der Waals surface area contributed by atoms with Crippen molar-refractivity contribution in [1.29, 1.82) is 0 Å². The minimum atomic E-state index is -0.486.